The molecule has 0 amide bonds. The maximum absolute atomic E-state index is 4.56. The van der Waals surface area contributed by atoms with Crippen LogP contribution in [0.15, 0.2) is 36.9 Å². The lowest BCUT2D eigenvalue weighted by Crippen LogP contribution is -2.30. The largest absolute Gasteiger partial charge is 0.334 e. The molecule has 22 heavy (non-hydrogen) atoms. The molecule has 4 heteroatoms. The van der Waals surface area contributed by atoms with Gasteiger partial charge in [-0.25, -0.2) is 4.98 Å². The second-order valence-electron chi connectivity index (χ2n) is 6.20. The Morgan fingerprint density at radius 1 is 1.23 bits per heavy atom. The third-order valence-electron chi connectivity index (χ3n) is 4.63. The van der Waals surface area contributed by atoms with Crippen molar-refractivity contribution in [3.63, 3.8) is 0 Å². The quantitative estimate of drug-likeness (QED) is 0.786. The molecule has 0 spiro atoms. The third kappa shape index (κ3) is 3.74. The summed E-state index contributed by atoms with van der Waals surface area (Å²) in [7, 11) is 0. The lowest BCUT2D eigenvalue weighted by atomic mass is 10.0. The summed E-state index contributed by atoms with van der Waals surface area (Å²) in [4.78, 5) is 11.3. The standard InChI is InChI=1S/C18H26N4/c1-2-12-21-14-11-20-18(21)15-22-13-3-4-17(22)6-5-16-7-9-19-10-8-16/h7-11,14,17H,2-6,12-13,15H2,1H3/t17-/m0/s1. The topological polar surface area (TPSA) is 34.0 Å². The molecule has 0 saturated carbocycles. The minimum atomic E-state index is 0.694. The molecule has 0 aromatic carbocycles. The lowest BCUT2D eigenvalue weighted by molar-refractivity contribution is 0.226. The van der Waals surface area contributed by atoms with Crippen LogP contribution in [-0.4, -0.2) is 32.0 Å². The van der Waals surface area contributed by atoms with Crippen LogP contribution < -0.4 is 0 Å². The molecular formula is C18H26N4. The van der Waals surface area contributed by atoms with Crippen LogP contribution in [-0.2, 0) is 19.5 Å². The fourth-order valence-electron chi connectivity index (χ4n) is 3.43. The zero-order valence-electron chi connectivity index (χ0n) is 13.5. The Morgan fingerprint density at radius 3 is 2.91 bits per heavy atom. The van der Waals surface area contributed by atoms with Crippen molar-refractivity contribution in [3.05, 3.63) is 48.3 Å². The van der Waals surface area contributed by atoms with Crippen molar-refractivity contribution in [3.8, 4) is 0 Å². The van der Waals surface area contributed by atoms with Crippen molar-refractivity contribution in [2.75, 3.05) is 6.54 Å². The van der Waals surface area contributed by atoms with Crippen LogP contribution in [0, 0.1) is 0 Å². The first kappa shape index (κ1) is 15.2. The monoisotopic (exact) mass is 298 g/mol. The minimum absolute atomic E-state index is 0.694. The number of imidazole rings is 1. The lowest BCUT2D eigenvalue weighted by Gasteiger charge is -2.24. The van der Waals surface area contributed by atoms with E-state index in [0.29, 0.717) is 6.04 Å². The number of nitrogens with zero attached hydrogens (tertiary/aromatic N) is 4. The number of rotatable bonds is 7. The average Bonchev–Trinajstić information content (AvgIpc) is 3.17. The first-order chi connectivity index (χ1) is 10.9. The van der Waals surface area contributed by atoms with E-state index in [4.69, 9.17) is 0 Å². The summed E-state index contributed by atoms with van der Waals surface area (Å²) in [6, 6.07) is 4.96. The molecule has 2 aromatic heterocycles. The fraction of sp³-hybridized carbons (Fsp3) is 0.556. The van der Waals surface area contributed by atoms with Gasteiger partial charge in [-0.1, -0.05) is 6.92 Å². The van der Waals surface area contributed by atoms with E-state index in [-0.39, 0.29) is 0 Å². The van der Waals surface area contributed by atoms with E-state index in [9.17, 15) is 0 Å². The van der Waals surface area contributed by atoms with E-state index >= 15 is 0 Å². The van der Waals surface area contributed by atoms with Crippen LogP contribution >= 0.6 is 0 Å². The normalized spacial score (nSPS) is 18.9. The van der Waals surface area contributed by atoms with Crippen LogP contribution in [0.5, 0.6) is 0 Å². The van der Waals surface area contributed by atoms with E-state index in [1.165, 1.54) is 37.2 Å². The molecule has 1 aliphatic heterocycles. The zero-order valence-corrected chi connectivity index (χ0v) is 13.5. The second kappa shape index (κ2) is 7.54. The highest BCUT2D eigenvalue weighted by Crippen LogP contribution is 2.23. The van der Waals surface area contributed by atoms with Gasteiger partial charge in [0.1, 0.15) is 5.82 Å². The zero-order chi connectivity index (χ0) is 15.2. The van der Waals surface area contributed by atoms with Gasteiger partial charge in [0.25, 0.3) is 0 Å². The first-order valence-electron chi connectivity index (χ1n) is 8.49. The molecule has 0 aliphatic carbocycles. The predicted octanol–water partition coefficient (Wildman–Crippen LogP) is 3.29. The Morgan fingerprint density at radius 2 is 2.09 bits per heavy atom. The van der Waals surface area contributed by atoms with Crippen molar-refractivity contribution in [2.24, 2.45) is 0 Å². The van der Waals surface area contributed by atoms with E-state index < -0.39 is 0 Å². The number of likely N-dealkylation sites (tertiary alicyclic amines) is 1. The molecule has 4 nitrogen and oxygen atoms in total. The molecule has 0 bridgehead atoms. The van der Waals surface area contributed by atoms with Gasteiger partial charge in [0, 0.05) is 37.4 Å². The summed E-state index contributed by atoms with van der Waals surface area (Å²) in [6.45, 7) is 5.50. The van der Waals surface area contributed by atoms with Crippen molar-refractivity contribution in [1.29, 1.82) is 0 Å². The summed E-state index contributed by atoms with van der Waals surface area (Å²) < 4.78 is 2.30. The van der Waals surface area contributed by atoms with E-state index in [2.05, 4.69) is 44.7 Å². The molecule has 1 saturated heterocycles. The Hall–Kier alpha value is -1.68. The van der Waals surface area contributed by atoms with Gasteiger partial charge in [-0.2, -0.15) is 0 Å². The molecule has 1 fully saturated rings. The summed E-state index contributed by atoms with van der Waals surface area (Å²) in [5.74, 6) is 1.22. The summed E-state index contributed by atoms with van der Waals surface area (Å²) >= 11 is 0. The number of pyridine rings is 1. The molecule has 2 aromatic rings. The van der Waals surface area contributed by atoms with Crippen molar-refractivity contribution < 1.29 is 0 Å². The van der Waals surface area contributed by atoms with Gasteiger partial charge in [-0.05, 0) is 56.3 Å². The van der Waals surface area contributed by atoms with Crippen LogP contribution in [0.25, 0.3) is 0 Å². The van der Waals surface area contributed by atoms with E-state index in [1.54, 1.807) is 0 Å². The van der Waals surface area contributed by atoms with E-state index in [0.717, 1.165) is 25.9 Å². The first-order valence-corrected chi connectivity index (χ1v) is 8.49. The molecule has 1 aliphatic rings. The Kier molecular flexibility index (Phi) is 5.22. The van der Waals surface area contributed by atoms with Crippen molar-refractivity contribution in [2.45, 2.75) is 58.2 Å². The fourth-order valence-corrected chi connectivity index (χ4v) is 3.43. The summed E-state index contributed by atoms with van der Waals surface area (Å²) in [5.41, 5.74) is 1.40. The molecular weight excluding hydrogens is 272 g/mol. The van der Waals surface area contributed by atoms with Crippen molar-refractivity contribution in [1.82, 2.24) is 19.4 Å². The third-order valence-corrected chi connectivity index (χ3v) is 4.63. The van der Waals surface area contributed by atoms with E-state index in [1.807, 2.05) is 18.6 Å². The molecule has 0 unspecified atom stereocenters. The number of aryl methyl sites for hydroxylation is 2. The number of aromatic nitrogens is 3. The highest BCUT2D eigenvalue weighted by atomic mass is 15.2. The summed E-state index contributed by atoms with van der Waals surface area (Å²) in [6.07, 6.45) is 14.0. The molecule has 0 N–H and O–H groups in total. The van der Waals surface area contributed by atoms with Gasteiger partial charge in [0.05, 0.1) is 6.54 Å². The SMILES string of the molecule is CCCn1ccnc1CN1CCC[C@H]1CCc1ccncc1. The highest BCUT2D eigenvalue weighted by molar-refractivity contribution is 5.10. The van der Waals surface area contributed by atoms with Gasteiger partial charge >= 0.3 is 0 Å². The minimum Gasteiger partial charge on any atom is -0.334 e. The molecule has 118 valence electrons. The smallest absolute Gasteiger partial charge is 0.122 e. The van der Waals surface area contributed by atoms with Gasteiger partial charge in [-0.3, -0.25) is 9.88 Å². The predicted molar refractivity (Wildman–Crippen MR) is 88.5 cm³/mol. The molecule has 1 atom stereocenters. The Bertz CT molecular complexity index is 563. The van der Waals surface area contributed by atoms with Gasteiger partial charge in [-0.15, -0.1) is 0 Å². The second-order valence-corrected chi connectivity index (χ2v) is 6.20. The highest BCUT2D eigenvalue weighted by Gasteiger charge is 2.25. The number of hydrogen-bond acceptors (Lipinski definition) is 3. The maximum atomic E-state index is 4.56. The van der Waals surface area contributed by atoms with Gasteiger partial charge in [0.2, 0.25) is 0 Å². The molecule has 3 rings (SSSR count). The molecule has 0 radical (unpaired) electrons. The number of hydrogen-bond donors (Lipinski definition) is 0. The average molecular weight is 298 g/mol. The van der Waals surface area contributed by atoms with Crippen LogP contribution in [0.3, 0.4) is 0 Å². The Balaban J connectivity index is 1.57. The summed E-state index contributed by atoms with van der Waals surface area (Å²) in [5, 5.41) is 0. The van der Waals surface area contributed by atoms with Crippen LogP contribution in [0.2, 0.25) is 0 Å². The van der Waals surface area contributed by atoms with Crippen molar-refractivity contribution >= 4 is 0 Å². The van der Waals surface area contributed by atoms with Gasteiger partial charge in [0.15, 0.2) is 0 Å². The molecule has 3 heterocycles. The van der Waals surface area contributed by atoms with Gasteiger partial charge < -0.3 is 4.57 Å². The maximum Gasteiger partial charge on any atom is 0.122 e. The Labute approximate surface area is 133 Å². The van der Waals surface area contributed by atoms with Crippen LogP contribution in [0.4, 0.5) is 0 Å². The van der Waals surface area contributed by atoms with Crippen LogP contribution in [0.1, 0.15) is 44.0 Å².